The molecule has 0 saturated carbocycles. The van der Waals surface area contributed by atoms with E-state index in [0.717, 1.165) is 44.1 Å². The molecule has 1 aliphatic rings. The number of tetrazole rings is 1. The van der Waals surface area contributed by atoms with Crippen molar-refractivity contribution in [3.63, 3.8) is 0 Å². The molecule has 0 unspecified atom stereocenters. The molecule has 1 amide bonds. The monoisotopic (exact) mass is 535 g/mol. The van der Waals surface area contributed by atoms with Crippen LogP contribution in [0.2, 0.25) is 10.2 Å². The fraction of sp³-hybridized carbons (Fsp3) is 0.296. The highest BCUT2D eigenvalue weighted by Crippen LogP contribution is 2.37. The van der Waals surface area contributed by atoms with Crippen molar-refractivity contribution in [1.82, 2.24) is 30.2 Å². The predicted molar refractivity (Wildman–Crippen MR) is 145 cm³/mol. The number of halogens is 2. The Morgan fingerprint density at radius 1 is 1.08 bits per heavy atom. The van der Waals surface area contributed by atoms with Crippen LogP contribution in [-0.4, -0.2) is 36.1 Å². The zero-order valence-corrected chi connectivity index (χ0v) is 21.7. The first-order chi connectivity index (χ1) is 18.0. The molecule has 8 nitrogen and oxygen atoms in total. The fourth-order valence-corrected chi connectivity index (χ4v) is 5.37. The Bertz CT molecular complexity index is 1430. The molecular weight excluding hydrogens is 509 g/mol. The highest BCUT2D eigenvalue weighted by Gasteiger charge is 2.27. The molecule has 37 heavy (non-hydrogen) atoms. The second-order valence-corrected chi connectivity index (χ2v) is 10.0. The van der Waals surface area contributed by atoms with Crippen LogP contribution in [0.1, 0.15) is 61.4 Å². The Kier molecular flexibility index (Phi) is 7.67. The van der Waals surface area contributed by atoms with Crippen LogP contribution in [0.5, 0.6) is 0 Å². The molecule has 10 heteroatoms. The molecule has 5 rings (SSSR count). The van der Waals surface area contributed by atoms with Crippen LogP contribution < -0.4 is 5.73 Å². The minimum Gasteiger partial charge on any atom is -0.366 e. The van der Waals surface area contributed by atoms with Gasteiger partial charge in [-0.15, -0.1) is 5.10 Å². The average Bonchev–Trinajstić information content (AvgIpc) is 3.55. The third-order valence-corrected chi connectivity index (χ3v) is 7.28. The molecule has 190 valence electrons. The quantitative estimate of drug-likeness (QED) is 0.315. The average molecular weight is 536 g/mol. The van der Waals surface area contributed by atoms with E-state index in [9.17, 15) is 4.79 Å². The number of aromatic nitrogens is 6. The Balaban J connectivity index is 1.63. The number of amides is 1. The SMILES string of the molecule is NC(=O)C(=Cc1cc(Cl)ccc1-n1cnnn1)[C@@H]1CCCCCCCc2ccccc2-c2nc1[nH]c2Cl. The Hall–Kier alpha value is -3.49. The minimum atomic E-state index is -0.536. The van der Waals surface area contributed by atoms with E-state index in [0.29, 0.717) is 44.9 Å². The lowest BCUT2D eigenvalue weighted by molar-refractivity contribution is -0.114. The number of carbonyl (C=O) groups is 1. The smallest absolute Gasteiger partial charge is 0.245 e. The van der Waals surface area contributed by atoms with Gasteiger partial charge in [0.25, 0.3) is 0 Å². The number of carbonyl (C=O) groups excluding carboxylic acids is 1. The van der Waals surface area contributed by atoms with Gasteiger partial charge in [0, 0.05) is 27.6 Å². The molecule has 3 heterocycles. The normalized spacial score (nSPS) is 16.8. The zero-order valence-electron chi connectivity index (χ0n) is 20.2. The van der Waals surface area contributed by atoms with Crippen molar-refractivity contribution in [3.05, 3.63) is 81.5 Å². The minimum absolute atomic E-state index is 0.377. The van der Waals surface area contributed by atoms with Crippen molar-refractivity contribution in [1.29, 1.82) is 0 Å². The number of aromatic amines is 1. The Morgan fingerprint density at radius 2 is 1.89 bits per heavy atom. The summed E-state index contributed by atoms with van der Waals surface area (Å²) in [5, 5.41) is 12.4. The van der Waals surface area contributed by atoms with Gasteiger partial charge in [-0.2, -0.15) is 4.68 Å². The van der Waals surface area contributed by atoms with Gasteiger partial charge in [-0.25, -0.2) is 4.98 Å². The molecule has 1 atom stereocenters. The summed E-state index contributed by atoms with van der Waals surface area (Å²) >= 11 is 13.0. The van der Waals surface area contributed by atoms with Crippen molar-refractivity contribution in [2.75, 3.05) is 0 Å². The first kappa shape index (κ1) is 25.2. The van der Waals surface area contributed by atoms with E-state index >= 15 is 0 Å². The topological polar surface area (TPSA) is 115 Å². The number of rotatable bonds is 4. The predicted octanol–water partition coefficient (Wildman–Crippen LogP) is 5.91. The molecule has 2 bridgehead atoms. The third kappa shape index (κ3) is 5.60. The van der Waals surface area contributed by atoms with E-state index in [1.165, 1.54) is 16.6 Å². The number of primary amides is 1. The summed E-state index contributed by atoms with van der Waals surface area (Å²) < 4.78 is 1.52. The van der Waals surface area contributed by atoms with Gasteiger partial charge in [0.05, 0.1) is 5.69 Å². The molecule has 0 fully saturated rings. The van der Waals surface area contributed by atoms with Gasteiger partial charge in [0.1, 0.15) is 23.0 Å². The van der Waals surface area contributed by atoms with Crippen molar-refractivity contribution in [3.8, 4) is 16.9 Å². The molecular formula is C27H27Cl2N7O. The van der Waals surface area contributed by atoms with Crippen LogP contribution in [0.4, 0.5) is 0 Å². The Morgan fingerprint density at radius 3 is 2.70 bits per heavy atom. The molecule has 0 radical (unpaired) electrons. The fourth-order valence-electron chi connectivity index (χ4n) is 4.95. The van der Waals surface area contributed by atoms with Crippen molar-refractivity contribution in [2.24, 2.45) is 5.73 Å². The lowest BCUT2D eigenvalue weighted by Gasteiger charge is -2.17. The molecule has 3 N–H and O–H groups in total. The van der Waals surface area contributed by atoms with E-state index in [4.69, 9.17) is 33.9 Å². The number of nitrogens with two attached hydrogens (primary N) is 1. The van der Waals surface area contributed by atoms with Crippen LogP contribution in [0.3, 0.4) is 0 Å². The number of nitrogens with one attached hydrogen (secondary N) is 1. The van der Waals surface area contributed by atoms with Crippen molar-refractivity contribution in [2.45, 2.75) is 50.9 Å². The van der Waals surface area contributed by atoms with Gasteiger partial charge < -0.3 is 10.7 Å². The number of nitrogens with zero attached hydrogens (tertiary/aromatic N) is 5. The molecule has 1 aliphatic heterocycles. The lowest BCUT2D eigenvalue weighted by Crippen LogP contribution is -2.21. The summed E-state index contributed by atoms with van der Waals surface area (Å²) in [5.74, 6) is -0.297. The summed E-state index contributed by atoms with van der Waals surface area (Å²) in [5.41, 5.74) is 10.7. The van der Waals surface area contributed by atoms with E-state index in [1.54, 1.807) is 24.3 Å². The lowest BCUT2D eigenvalue weighted by atomic mass is 9.89. The molecule has 2 aromatic carbocycles. The zero-order chi connectivity index (χ0) is 25.8. The third-order valence-electron chi connectivity index (χ3n) is 6.78. The summed E-state index contributed by atoms with van der Waals surface area (Å²) in [6.45, 7) is 0. The number of benzene rings is 2. The van der Waals surface area contributed by atoms with Gasteiger partial charge in [0.2, 0.25) is 5.91 Å². The second-order valence-electron chi connectivity index (χ2n) is 9.22. The first-order valence-electron chi connectivity index (χ1n) is 12.4. The molecule has 0 spiro atoms. The number of H-pyrrole nitrogens is 1. The van der Waals surface area contributed by atoms with E-state index in [2.05, 4.69) is 26.6 Å². The van der Waals surface area contributed by atoms with Crippen LogP contribution in [0.25, 0.3) is 23.0 Å². The summed E-state index contributed by atoms with van der Waals surface area (Å²) in [6.07, 6.45) is 10.3. The first-order valence-corrected chi connectivity index (χ1v) is 13.1. The van der Waals surface area contributed by atoms with Gasteiger partial charge in [-0.1, -0.05) is 73.2 Å². The van der Waals surface area contributed by atoms with E-state index in [-0.39, 0.29) is 5.92 Å². The van der Waals surface area contributed by atoms with Gasteiger partial charge in [-0.3, -0.25) is 4.79 Å². The highest BCUT2D eigenvalue weighted by atomic mass is 35.5. The maximum atomic E-state index is 12.9. The summed E-state index contributed by atoms with van der Waals surface area (Å²) in [7, 11) is 0. The summed E-state index contributed by atoms with van der Waals surface area (Å²) in [4.78, 5) is 21.1. The van der Waals surface area contributed by atoms with Crippen molar-refractivity contribution >= 4 is 35.2 Å². The number of hydrogen-bond donors (Lipinski definition) is 2. The largest absolute Gasteiger partial charge is 0.366 e. The van der Waals surface area contributed by atoms with Crippen LogP contribution in [0.15, 0.2) is 54.4 Å². The molecule has 2 aromatic heterocycles. The molecule has 0 aliphatic carbocycles. The van der Waals surface area contributed by atoms with Crippen LogP contribution in [-0.2, 0) is 11.2 Å². The number of fused-ring (bicyclic) bond motifs is 4. The van der Waals surface area contributed by atoms with Gasteiger partial charge >= 0.3 is 0 Å². The number of hydrogen-bond acceptors (Lipinski definition) is 5. The second kappa shape index (κ2) is 11.3. The molecule has 0 saturated heterocycles. The Labute approximate surface area is 224 Å². The molecule has 4 aromatic rings. The number of aryl methyl sites for hydroxylation is 1. The van der Waals surface area contributed by atoms with Gasteiger partial charge in [-0.05, 0) is 59.5 Å². The van der Waals surface area contributed by atoms with Crippen LogP contribution >= 0.6 is 23.2 Å². The van der Waals surface area contributed by atoms with Gasteiger partial charge in [0.15, 0.2) is 0 Å². The van der Waals surface area contributed by atoms with E-state index in [1.807, 2.05) is 18.2 Å². The maximum Gasteiger partial charge on any atom is 0.245 e. The van der Waals surface area contributed by atoms with Crippen molar-refractivity contribution < 1.29 is 4.79 Å². The van der Waals surface area contributed by atoms with E-state index < -0.39 is 5.91 Å². The maximum absolute atomic E-state index is 12.9. The number of imidazole rings is 1. The van der Waals surface area contributed by atoms with Crippen LogP contribution in [0, 0.1) is 0 Å². The standard InChI is InChI=1S/C27H27Cl2N7O/c28-19-12-13-23(36-16-31-34-35-36)18(14-19)15-22(26(30)37)21-11-5-3-1-2-4-8-17-9-6-7-10-20(17)24-25(29)33-27(21)32-24/h6-7,9-10,12-16,21H,1-5,8,11H2,(H2,30,37)(H,32,33)/t21-/m0/s1. The highest BCUT2D eigenvalue weighted by molar-refractivity contribution is 6.32. The summed E-state index contributed by atoms with van der Waals surface area (Å²) in [6, 6.07) is 13.5.